The van der Waals surface area contributed by atoms with Crippen LogP contribution in [0.1, 0.15) is 24.0 Å². The number of amides is 1. The van der Waals surface area contributed by atoms with E-state index in [1.807, 2.05) is 19.1 Å². The Morgan fingerprint density at radius 2 is 1.75 bits per heavy atom. The molecule has 0 bridgehead atoms. The lowest BCUT2D eigenvalue weighted by molar-refractivity contribution is -0.120. The van der Waals surface area contributed by atoms with Crippen LogP contribution in [0.3, 0.4) is 0 Å². The third kappa shape index (κ3) is 4.94. The molecule has 8 heteroatoms. The van der Waals surface area contributed by atoms with Crippen molar-refractivity contribution in [2.45, 2.75) is 25.5 Å². The summed E-state index contributed by atoms with van der Waals surface area (Å²) in [6.07, 6.45) is 0.698. The summed E-state index contributed by atoms with van der Waals surface area (Å²) in [6.45, 7) is 2.41. The zero-order chi connectivity index (χ0) is 20.3. The van der Waals surface area contributed by atoms with Crippen LogP contribution in [0.4, 0.5) is 14.5 Å². The molecule has 28 heavy (non-hydrogen) atoms. The van der Waals surface area contributed by atoms with Gasteiger partial charge in [0.15, 0.2) is 0 Å². The van der Waals surface area contributed by atoms with Crippen molar-refractivity contribution in [3.63, 3.8) is 0 Å². The Balaban J connectivity index is 1.57. The normalized spacial score (nSPS) is 16.1. The minimum atomic E-state index is -3.47. The van der Waals surface area contributed by atoms with E-state index < -0.39 is 27.6 Å². The Bertz CT molecular complexity index is 954. The van der Waals surface area contributed by atoms with Crippen molar-refractivity contribution in [3.05, 3.63) is 65.2 Å². The number of nitrogens with zero attached hydrogens (tertiary/aromatic N) is 1. The molecule has 1 heterocycles. The minimum absolute atomic E-state index is 0.0784. The van der Waals surface area contributed by atoms with Gasteiger partial charge < -0.3 is 5.32 Å². The molecule has 1 aliphatic heterocycles. The number of halogens is 2. The first-order valence-electron chi connectivity index (χ1n) is 9.04. The third-order valence-electron chi connectivity index (χ3n) is 4.88. The monoisotopic (exact) mass is 408 g/mol. The zero-order valence-corrected chi connectivity index (χ0v) is 16.3. The highest BCUT2D eigenvalue weighted by atomic mass is 32.2. The molecule has 150 valence electrons. The first-order valence-corrected chi connectivity index (χ1v) is 10.6. The van der Waals surface area contributed by atoms with Gasteiger partial charge >= 0.3 is 0 Å². The lowest BCUT2D eigenvalue weighted by Gasteiger charge is -2.30. The van der Waals surface area contributed by atoms with Crippen molar-refractivity contribution >= 4 is 21.6 Å². The van der Waals surface area contributed by atoms with Crippen molar-refractivity contribution in [2.24, 2.45) is 5.92 Å². The molecule has 0 unspecified atom stereocenters. The molecule has 2 aromatic rings. The van der Waals surface area contributed by atoms with Gasteiger partial charge in [-0.2, -0.15) is 0 Å². The third-order valence-corrected chi connectivity index (χ3v) is 6.73. The van der Waals surface area contributed by atoms with Crippen LogP contribution in [0.5, 0.6) is 0 Å². The predicted molar refractivity (Wildman–Crippen MR) is 103 cm³/mol. The molecule has 2 aromatic carbocycles. The number of anilines is 1. The second kappa shape index (κ2) is 8.36. The van der Waals surface area contributed by atoms with Crippen LogP contribution in [0.25, 0.3) is 0 Å². The number of aryl methyl sites for hydroxylation is 1. The summed E-state index contributed by atoms with van der Waals surface area (Å²) in [5.74, 6) is -2.45. The number of carbonyl (C=O) groups excluding carboxylic acids is 1. The van der Waals surface area contributed by atoms with Crippen molar-refractivity contribution < 1.29 is 22.0 Å². The standard InChI is InChI=1S/C20H22F2N2O3S/c1-14-2-4-15(5-3-14)13-28(26,27)24-10-8-16(9-11-24)20(25)23-19-7-6-17(21)12-18(19)22/h2-7,12,16H,8-11,13H2,1H3,(H,23,25). The summed E-state index contributed by atoms with van der Waals surface area (Å²) < 4.78 is 53.3. The molecule has 3 rings (SSSR count). The quantitative estimate of drug-likeness (QED) is 0.824. The van der Waals surface area contributed by atoms with E-state index in [2.05, 4.69) is 5.32 Å². The number of nitrogens with one attached hydrogen (secondary N) is 1. The molecule has 0 aliphatic carbocycles. The van der Waals surface area contributed by atoms with Crippen LogP contribution in [0, 0.1) is 24.5 Å². The maximum absolute atomic E-state index is 13.7. The van der Waals surface area contributed by atoms with Gasteiger partial charge in [0.05, 0.1) is 11.4 Å². The molecule has 0 saturated carbocycles. The van der Waals surface area contributed by atoms with Crippen molar-refractivity contribution in [1.82, 2.24) is 4.31 Å². The second-order valence-corrected chi connectivity index (χ2v) is 9.00. The Kier molecular flexibility index (Phi) is 6.10. The first kappa shape index (κ1) is 20.4. The topological polar surface area (TPSA) is 66.5 Å². The lowest BCUT2D eigenvalue weighted by Crippen LogP contribution is -2.41. The molecular formula is C20H22F2N2O3S. The summed E-state index contributed by atoms with van der Waals surface area (Å²) in [6, 6.07) is 10.3. The Hall–Kier alpha value is -2.32. The van der Waals surface area contributed by atoms with Crippen molar-refractivity contribution in [3.8, 4) is 0 Å². The highest BCUT2D eigenvalue weighted by Crippen LogP contribution is 2.24. The Morgan fingerprint density at radius 1 is 1.11 bits per heavy atom. The zero-order valence-electron chi connectivity index (χ0n) is 15.5. The second-order valence-electron chi connectivity index (χ2n) is 7.03. The van der Waals surface area contributed by atoms with Gasteiger partial charge in [0.2, 0.25) is 15.9 Å². The van der Waals surface area contributed by atoms with Gasteiger partial charge in [0, 0.05) is 25.1 Å². The highest BCUT2D eigenvalue weighted by molar-refractivity contribution is 7.88. The molecule has 1 aliphatic rings. The number of carbonyl (C=O) groups is 1. The van der Waals surface area contributed by atoms with E-state index >= 15 is 0 Å². The molecule has 5 nitrogen and oxygen atoms in total. The number of rotatable bonds is 5. The van der Waals surface area contributed by atoms with Crippen LogP contribution in [0.15, 0.2) is 42.5 Å². The molecule has 1 fully saturated rings. The molecule has 0 spiro atoms. The fourth-order valence-corrected chi connectivity index (χ4v) is 4.77. The Morgan fingerprint density at radius 3 is 2.36 bits per heavy atom. The summed E-state index contributed by atoms with van der Waals surface area (Å²) in [5.41, 5.74) is 1.70. The smallest absolute Gasteiger partial charge is 0.227 e. The van der Waals surface area contributed by atoms with Crippen LogP contribution in [-0.2, 0) is 20.6 Å². The summed E-state index contributed by atoms with van der Waals surface area (Å²) in [5, 5.41) is 2.46. The van der Waals surface area contributed by atoms with E-state index in [0.717, 1.165) is 17.2 Å². The van der Waals surface area contributed by atoms with E-state index in [1.165, 1.54) is 10.4 Å². The van der Waals surface area contributed by atoms with Gasteiger partial charge in [0.1, 0.15) is 11.6 Å². The molecular weight excluding hydrogens is 386 g/mol. The van der Waals surface area contributed by atoms with E-state index in [4.69, 9.17) is 0 Å². The van der Waals surface area contributed by atoms with Gasteiger partial charge in [-0.25, -0.2) is 21.5 Å². The molecule has 0 aromatic heterocycles. The molecule has 0 radical (unpaired) electrons. The minimum Gasteiger partial charge on any atom is -0.323 e. The van der Waals surface area contributed by atoms with Crippen LogP contribution < -0.4 is 5.32 Å². The van der Waals surface area contributed by atoms with Gasteiger partial charge in [-0.15, -0.1) is 0 Å². The first-order chi connectivity index (χ1) is 13.2. The van der Waals surface area contributed by atoms with Crippen molar-refractivity contribution in [1.29, 1.82) is 0 Å². The van der Waals surface area contributed by atoms with Crippen LogP contribution in [0.2, 0.25) is 0 Å². The van der Waals surface area contributed by atoms with Gasteiger partial charge in [-0.1, -0.05) is 29.8 Å². The van der Waals surface area contributed by atoms with E-state index in [1.54, 1.807) is 12.1 Å². The van der Waals surface area contributed by atoms with Gasteiger partial charge in [-0.05, 0) is 37.5 Å². The molecule has 1 amide bonds. The number of hydrogen-bond acceptors (Lipinski definition) is 3. The van der Waals surface area contributed by atoms with Crippen LogP contribution >= 0.6 is 0 Å². The maximum atomic E-state index is 13.7. The van der Waals surface area contributed by atoms with Gasteiger partial charge in [-0.3, -0.25) is 4.79 Å². The largest absolute Gasteiger partial charge is 0.323 e. The average Bonchev–Trinajstić information content (AvgIpc) is 2.66. The number of benzene rings is 2. The summed E-state index contributed by atoms with van der Waals surface area (Å²) >= 11 is 0. The fraction of sp³-hybridized carbons (Fsp3) is 0.350. The van der Waals surface area contributed by atoms with Gasteiger partial charge in [0.25, 0.3) is 0 Å². The number of sulfonamides is 1. The van der Waals surface area contributed by atoms with Crippen LogP contribution in [-0.4, -0.2) is 31.7 Å². The molecule has 1 saturated heterocycles. The highest BCUT2D eigenvalue weighted by Gasteiger charge is 2.31. The van der Waals surface area contributed by atoms with E-state index in [0.29, 0.717) is 18.9 Å². The Labute approximate surface area is 163 Å². The predicted octanol–water partition coefficient (Wildman–Crippen LogP) is 3.45. The van der Waals surface area contributed by atoms with E-state index in [-0.39, 0.29) is 30.4 Å². The fourth-order valence-electron chi connectivity index (χ4n) is 3.21. The molecule has 1 N–H and O–H groups in total. The molecule has 0 atom stereocenters. The summed E-state index contributed by atoms with van der Waals surface area (Å²) in [4.78, 5) is 12.3. The van der Waals surface area contributed by atoms with Crippen molar-refractivity contribution in [2.75, 3.05) is 18.4 Å². The maximum Gasteiger partial charge on any atom is 0.227 e. The SMILES string of the molecule is Cc1ccc(CS(=O)(=O)N2CCC(C(=O)Nc3ccc(F)cc3F)CC2)cc1. The van der Waals surface area contributed by atoms with E-state index in [9.17, 15) is 22.0 Å². The lowest BCUT2D eigenvalue weighted by atomic mass is 9.97. The number of piperidine rings is 1. The summed E-state index contributed by atoms with van der Waals surface area (Å²) in [7, 11) is -3.47. The number of hydrogen-bond donors (Lipinski definition) is 1. The average molecular weight is 408 g/mol.